The highest BCUT2D eigenvalue weighted by Crippen LogP contribution is 2.24. The van der Waals surface area contributed by atoms with Gasteiger partial charge in [0.05, 0.1) is 11.9 Å². The minimum Gasteiger partial charge on any atom is -0.374 e. The molecular formula is C13H17N5S. The predicted octanol–water partition coefficient (Wildman–Crippen LogP) is 2.24. The van der Waals surface area contributed by atoms with Crippen molar-refractivity contribution in [3.63, 3.8) is 0 Å². The molecule has 0 saturated heterocycles. The van der Waals surface area contributed by atoms with Crippen LogP contribution < -0.4 is 5.73 Å². The zero-order valence-electron chi connectivity index (χ0n) is 11.1. The Hall–Kier alpha value is -1.82. The fraction of sp³-hybridized carbons (Fsp3) is 0.385. The molecule has 3 rings (SSSR count). The van der Waals surface area contributed by atoms with Gasteiger partial charge in [0, 0.05) is 24.9 Å². The van der Waals surface area contributed by atoms with Gasteiger partial charge in [0.2, 0.25) is 10.1 Å². The molecule has 2 aromatic heterocycles. The van der Waals surface area contributed by atoms with Crippen molar-refractivity contribution in [3.05, 3.63) is 30.2 Å². The largest absolute Gasteiger partial charge is 0.374 e. The van der Waals surface area contributed by atoms with Gasteiger partial charge in [0.25, 0.3) is 0 Å². The summed E-state index contributed by atoms with van der Waals surface area (Å²) in [6.07, 6.45) is 8.32. The third-order valence-electron chi connectivity index (χ3n) is 3.01. The average molecular weight is 275 g/mol. The van der Waals surface area contributed by atoms with Gasteiger partial charge in [-0.05, 0) is 12.0 Å². The number of hydrogen-bond donors (Lipinski definition) is 1. The van der Waals surface area contributed by atoms with Crippen LogP contribution in [0.3, 0.4) is 0 Å². The summed E-state index contributed by atoms with van der Waals surface area (Å²) in [6.45, 7) is 6.46. The molecule has 2 N–H and O–H groups in total. The van der Waals surface area contributed by atoms with Crippen LogP contribution in [0.5, 0.6) is 0 Å². The summed E-state index contributed by atoms with van der Waals surface area (Å²) < 4.78 is 1.81. The maximum absolute atomic E-state index is 5.71. The molecule has 3 heterocycles. The van der Waals surface area contributed by atoms with Gasteiger partial charge in [-0.2, -0.15) is 0 Å². The highest BCUT2D eigenvalue weighted by molar-refractivity contribution is 7.20. The molecule has 6 heteroatoms. The lowest BCUT2D eigenvalue weighted by Crippen LogP contribution is -2.24. The molecule has 0 radical (unpaired) electrons. The first-order valence-corrected chi connectivity index (χ1v) is 7.18. The monoisotopic (exact) mass is 275 g/mol. The fourth-order valence-electron chi connectivity index (χ4n) is 2.23. The van der Waals surface area contributed by atoms with Crippen molar-refractivity contribution in [2.75, 3.05) is 18.8 Å². The first kappa shape index (κ1) is 12.2. The van der Waals surface area contributed by atoms with E-state index in [0.29, 0.717) is 11.0 Å². The lowest BCUT2D eigenvalue weighted by Gasteiger charge is -2.24. The van der Waals surface area contributed by atoms with E-state index in [-0.39, 0.29) is 0 Å². The Morgan fingerprint density at radius 1 is 1.47 bits per heavy atom. The van der Waals surface area contributed by atoms with Crippen LogP contribution >= 0.6 is 11.3 Å². The van der Waals surface area contributed by atoms with Crippen molar-refractivity contribution < 1.29 is 0 Å². The molecule has 0 unspecified atom stereocenters. The summed E-state index contributed by atoms with van der Waals surface area (Å²) in [5.41, 5.74) is 7.87. The summed E-state index contributed by atoms with van der Waals surface area (Å²) in [7, 11) is 0. The normalized spacial score (nSPS) is 15.5. The lowest BCUT2D eigenvalue weighted by atomic mass is 10.1. The first-order chi connectivity index (χ1) is 9.13. The van der Waals surface area contributed by atoms with E-state index < -0.39 is 0 Å². The number of nitrogen functional groups attached to an aromatic ring is 1. The van der Waals surface area contributed by atoms with Crippen LogP contribution in [0.1, 0.15) is 19.5 Å². The van der Waals surface area contributed by atoms with Crippen LogP contribution in [0.2, 0.25) is 0 Å². The number of anilines is 1. The van der Waals surface area contributed by atoms with Crippen LogP contribution in [0, 0.1) is 5.92 Å². The molecule has 0 spiro atoms. The van der Waals surface area contributed by atoms with Crippen LogP contribution in [0.4, 0.5) is 5.13 Å². The lowest BCUT2D eigenvalue weighted by molar-refractivity contribution is 0.358. The number of rotatable bonds is 3. The molecule has 100 valence electrons. The minimum absolute atomic E-state index is 0.547. The molecule has 19 heavy (non-hydrogen) atoms. The van der Waals surface area contributed by atoms with Crippen molar-refractivity contribution in [2.45, 2.75) is 13.8 Å². The van der Waals surface area contributed by atoms with E-state index in [1.807, 2.05) is 10.7 Å². The fourth-order valence-corrected chi connectivity index (χ4v) is 2.87. The standard InChI is InChI=1S/C13H17N5S/c1-9(2)8-17-5-3-10(4-6-17)11-7-15-13-18(11)16-12(14)19-13/h3-5,7,9H,6,8H2,1-2H3,(H2,14,16). The van der Waals surface area contributed by atoms with E-state index in [2.05, 4.69) is 47.2 Å². The molecule has 0 atom stereocenters. The maximum atomic E-state index is 5.71. The number of hydrogen-bond acceptors (Lipinski definition) is 5. The molecule has 0 fully saturated rings. The van der Waals surface area contributed by atoms with Gasteiger partial charge in [0.1, 0.15) is 0 Å². The molecule has 5 nitrogen and oxygen atoms in total. The number of aromatic nitrogens is 3. The predicted molar refractivity (Wildman–Crippen MR) is 78.8 cm³/mol. The summed E-state index contributed by atoms with van der Waals surface area (Å²) in [4.78, 5) is 7.48. The van der Waals surface area contributed by atoms with Gasteiger partial charge in [0.15, 0.2) is 0 Å². The summed E-state index contributed by atoms with van der Waals surface area (Å²) in [6, 6.07) is 0. The molecule has 1 aliphatic heterocycles. The maximum Gasteiger partial charge on any atom is 0.214 e. The molecule has 0 amide bonds. The molecule has 1 aliphatic rings. The first-order valence-electron chi connectivity index (χ1n) is 6.36. The highest BCUT2D eigenvalue weighted by atomic mass is 32.1. The summed E-state index contributed by atoms with van der Waals surface area (Å²) >= 11 is 1.40. The zero-order valence-corrected chi connectivity index (χ0v) is 11.9. The number of fused-ring (bicyclic) bond motifs is 1. The molecule has 0 bridgehead atoms. The van der Waals surface area contributed by atoms with E-state index in [1.54, 1.807) is 0 Å². The Morgan fingerprint density at radius 2 is 2.32 bits per heavy atom. The number of imidazole rings is 1. The zero-order chi connectivity index (χ0) is 13.4. The summed E-state index contributed by atoms with van der Waals surface area (Å²) in [5, 5.41) is 4.83. The number of nitrogens with zero attached hydrogens (tertiary/aromatic N) is 4. The Balaban J connectivity index is 1.84. The Labute approximate surface area is 116 Å². The van der Waals surface area contributed by atoms with Crippen molar-refractivity contribution in [2.24, 2.45) is 5.92 Å². The van der Waals surface area contributed by atoms with Crippen molar-refractivity contribution in [1.29, 1.82) is 0 Å². The van der Waals surface area contributed by atoms with Gasteiger partial charge < -0.3 is 10.6 Å². The van der Waals surface area contributed by atoms with E-state index in [0.717, 1.165) is 29.3 Å². The van der Waals surface area contributed by atoms with Crippen molar-refractivity contribution >= 4 is 27.0 Å². The van der Waals surface area contributed by atoms with E-state index in [9.17, 15) is 0 Å². The third kappa shape index (κ3) is 2.35. The van der Waals surface area contributed by atoms with Crippen LogP contribution in [0.25, 0.3) is 10.5 Å². The molecule has 2 aromatic rings. The Morgan fingerprint density at radius 3 is 3.00 bits per heavy atom. The third-order valence-corrected chi connectivity index (χ3v) is 3.76. The van der Waals surface area contributed by atoms with Gasteiger partial charge in [-0.15, -0.1) is 5.10 Å². The second-order valence-electron chi connectivity index (χ2n) is 5.10. The second kappa shape index (κ2) is 4.70. The van der Waals surface area contributed by atoms with Gasteiger partial charge >= 0.3 is 0 Å². The highest BCUT2D eigenvalue weighted by Gasteiger charge is 2.13. The summed E-state index contributed by atoms with van der Waals surface area (Å²) in [5.74, 6) is 0.666. The Bertz CT molecular complexity index is 649. The van der Waals surface area contributed by atoms with Crippen molar-refractivity contribution in [1.82, 2.24) is 19.5 Å². The minimum atomic E-state index is 0.547. The second-order valence-corrected chi connectivity index (χ2v) is 6.09. The smallest absolute Gasteiger partial charge is 0.214 e. The quantitative estimate of drug-likeness (QED) is 0.933. The number of allylic oxidation sites excluding steroid dienone is 2. The number of nitrogens with two attached hydrogens (primary N) is 1. The SMILES string of the molecule is CC(C)CN1C=CC(c2cnc3sc(N)nn23)=CC1. The van der Waals surface area contributed by atoms with E-state index in [1.165, 1.54) is 11.3 Å². The van der Waals surface area contributed by atoms with Crippen molar-refractivity contribution in [3.8, 4) is 0 Å². The van der Waals surface area contributed by atoms with Crippen LogP contribution in [0.15, 0.2) is 24.5 Å². The van der Waals surface area contributed by atoms with Crippen LogP contribution in [-0.2, 0) is 0 Å². The topological polar surface area (TPSA) is 59.5 Å². The van der Waals surface area contributed by atoms with Gasteiger partial charge in [-0.3, -0.25) is 0 Å². The molecule has 0 aromatic carbocycles. The molecule has 0 saturated carbocycles. The molecule has 0 aliphatic carbocycles. The molecular weight excluding hydrogens is 258 g/mol. The van der Waals surface area contributed by atoms with Gasteiger partial charge in [-0.1, -0.05) is 31.3 Å². The van der Waals surface area contributed by atoms with E-state index in [4.69, 9.17) is 5.73 Å². The Kier molecular flexibility index (Phi) is 3.02. The average Bonchev–Trinajstić information content (AvgIpc) is 2.88. The van der Waals surface area contributed by atoms with Gasteiger partial charge in [-0.25, -0.2) is 9.50 Å². The van der Waals surface area contributed by atoms with E-state index >= 15 is 0 Å². The van der Waals surface area contributed by atoms with Crippen LogP contribution in [-0.4, -0.2) is 32.6 Å².